The third-order valence-electron chi connectivity index (χ3n) is 3.72. The topological polar surface area (TPSA) is 49.9 Å². The maximum absolute atomic E-state index is 12.1. The predicted octanol–water partition coefficient (Wildman–Crippen LogP) is 2.14. The van der Waals surface area contributed by atoms with Gasteiger partial charge in [-0.3, -0.25) is 0 Å². The Balaban J connectivity index is 1.79. The minimum absolute atomic E-state index is 0.234. The monoisotopic (exact) mass is 302 g/mol. The molecule has 116 valence electrons. The number of carbonyl (C=O) groups is 1. The van der Waals surface area contributed by atoms with Crippen LogP contribution in [0.2, 0.25) is 0 Å². The number of amides is 1. The smallest absolute Gasteiger partial charge is 0.410 e. The van der Waals surface area contributed by atoms with Crippen LogP contribution in [0.25, 0.3) is 0 Å². The Labute approximate surface area is 124 Å². The first-order chi connectivity index (χ1) is 9.28. The molecule has 0 aromatic carbocycles. The number of rotatable bonds is 3. The van der Waals surface area contributed by atoms with E-state index in [1.807, 2.05) is 32.1 Å². The molecule has 0 aromatic heterocycles. The summed E-state index contributed by atoms with van der Waals surface area (Å²) in [4.78, 5) is 13.7. The molecule has 1 saturated heterocycles. The van der Waals surface area contributed by atoms with Crippen molar-refractivity contribution in [1.29, 1.82) is 0 Å². The molecule has 1 heterocycles. The van der Waals surface area contributed by atoms with E-state index in [0.717, 1.165) is 25.7 Å². The van der Waals surface area contributed by atoms with Crippen molar-refractivity contribution in [3.8, 4) is 0 Å². The van der Waals surface area contributed by atoms with Crippen molar-refractivity contribution in [1.82, 2.24) is 9.21 Å². The van der Waals surface area contributed by atoms with Crippen LogP contribution in [0.3, 0.4) is 0 Å². The van der Waals surface area contributed by atoms with E-state index in [1.54, 1.807) is 4.90 Å². The fourth-order valence-corrected chi connectivity index (χ4v) is 3.90. The van der Waals surface area contributed by atoms with E-state index in [-0.39, 0.29) is 6.09 Å². The van der Waals surface area contributed by atoms with Crippen LogP contribution in [-0.2, 0) is 15.7 Å². The lowest BCUT2D eigenvalue weighted by molar-refractivity contribution is 0.0184. The van der Waals surface area contributed by atoms with Crippen LogP contribution in [0.1, 0.15) is 46.5 Å². The molecule has 1 unspecified atom stereocenters. The highest BCUT2D eigenvalue weighted by molar-refractivity contribution is 7.83. The van der Waals surface area contributed by atoms with Gasteiger partial charge in [-0.15, -0.1) is 0 Å². The van der Waals surface area contributed by atoms with E-state index in [4.69, 9.17) is 4.74 Å². The Kier molecular flexibility index (Phi) is 4.74. The van der Waals surface area contributed by atoms with Crippen LogP contribution in [0.4, 0.5) is 4.79 Å². The average Bonchev–Trinajstić information content (AvgIpc) is 3.19. The van der Waals surface area contributed by atoms with Crippen molar-refractivity contribution < 1.29 is 13.7 Å². The second kappa shape index (κ2) is 6.02. The molecule has 1 amide bonds. The molecule has 5 nitrogen and oxygen atoms in total. The van der Waals surface area contributed by atoms with Gasteiger partial charge in [-0.25, -0.2) is 13.3 Å². The molecule has 1 aliphatic heterocycles. The zero-order chi connectivity index (χ0) is 14.9. The molecule has 0 radical (unpaired) electrons. The van der Waals surface area contributed by atoms with Crippen molar-refractivity contribution in [3.63, 3.8) is 0 Å². The van der Waals surface area contributed by atoms with Crippen LogP contribution in [0.5, 0.6) is 0 Å². The van der Waals surface area contributed by atoms with E-state index in [0.29, 0.717) is 24.4 Å². The average molecular weight is 302 g/mol. The number of likely N-dealkylation sites (tertiary alicyclic amines) is 1. The largest absolute Gasteiger partial charge is 0.444 e. The van der Waals surface area contributed by atoms with Gasteiger partial charge >= 0.3 is 6.09 Å². The van der Waals surface area contributed by atoms with Crippen LogP contribution in [0.15, 0.2) is 0 Å². The van der Waals surface area contributed by atoms with Crippen LogP contribution in [-0.4, -0.2) is 56.5 Å². The minimum atomic E-state index is -0.842. The third kappa shape index (κ3) is 4.19. The first-order valence-corrected chi connectivity index (χ1v) is 8.56. The lowest BCUT2D eigenvalue weighted by Gasteiger charge is -2.36. The number of hydrogen-bond acceptors (Lipinski definition) is 3. The summed E-state index contributed by atoms with van der Waals surface area (Å²) in [6.07, 6.45) is 3.69. The molecule has 1 saturated carbocycles. The molecular formula is C14H26N2O3S. The second-order valence-corrected chi connectivity index (χ2v) is 8.52. The van der Waals surface area contributed by atoms with Crippen molar-refractivity contribution in [2.24, 2.45) is 0 Å². The Hall–Kier alpha value is -0.620. The van der Waals surface area contributed by atoms with Crippen molar-refractivity contribution in [3.05, 3.63) is 0 Å². The van der Waals surface area contributed by atoms with Gasteiger partial charge in [-0.1, -0.05) is 0 Å². The number of piperidine rings is 1. The molecule has 6 heteroatoms. The maximum atomic E-state index is 12.1. The summed E-state index contributed by atoms with van der Waals surface area (Å²) in [5.41, 5.74) is -0.446. The highest BCUT2D eigenvalue weighted by Crippen LogP contribution is 2.30. The van der Waals surface area contributed by atoms with Crippen LogP contribution < -0.4 is 0 Å². The molecule has 1 atom stereocenters. The van der Waals surface area contributed by atoms with Gasteiger partial charge in [0.15, 0.2) is 0 Å². The molecule has 2 aliphatic rings. The van der Waals surface area contributed by atoms with E-state index in [1.165, 1.54) is 0 Å². The van der Waals surface area contributed by atoms with Crippen molar-refractivity contribution in [2.45, 2.75) is 63.3 Å². The minimum Gasteiger partial charge on any atom is -0.444 e. The van der Waals surface area contributed by atoms with Gasteiger partial charge in [0.2, 0.25) is 0 Å². The molecule has 0 N–H and O–H groups in total. The summed E-state index contributed by atoms with van der Waals surface area (Å²) in [6, 6.07) is 0.315. The van der Waals surface area contributed by atoms with Gasteiger partial charge in [-0.05, 0) is 46.5 Å². The summed E-state index contributed by atoms with van der Waals surface area (Å²) >= 11 is 0. The molecular weight excluding hydrogens is 276 g/mol. The maximum Gasteiger partial charge on any atom is 0.410 e. The Morgan fingerprint density at radius 3 is 2.20 bits per heavy atom. The number of ether oxygens (including phenoxy) is 1. The highest BCUT2D eigenvalue weighted by Gasteiger charge is 2.35. The van der Waals surface area contributed by atoms with Crippen molar-refractivity contribution in [2.75, 3.05) is 20.1 Å². The second-order valence-electron chi connectivity index (χ2n) is 6.72. The van der Waals surface area contributed by atoms with E-state index in [9.17, 15) is 9.00 Å². The molecule has 1 aliphatic carbocycles. The standard InChI is InChI=1S/C14H26N2O3S/c1-14(2,3)19-13(17)16-9-7-11(8-10-16)15(4)20(18)12-5-6-12/h11-12H,5-10H2,1-4H3. The first-order valence-electron chi connectivity index (χ1n) is 7.39. The molecule has 0 aromatic rings. The molecule has 2 fully saturated rings. The van der Waals surface area contributed by atoms with Crippen molar-refractivity contribution >= 4 is 17.1 Å². The Bertz CT molecular complexity index is 382. The van der Waals surface area contributed by atoms with E-state index < -0.39 is 16.6 Å². The normalized spacial score (nSPS) is 22.9. The summed E-state index contributed by atoms with van der Waals surface area (Å²) in [7, 11) is 1.10. The van der Waals surface area contributed by atoms with Gasteiger partial charge in [0.05, 0.1) is 11.0 Å². The Morgan fingerprint density at radius 1 is 1.20 bits per heavy atom. The summed E-state index contributed by atoms with van der Waals surface area (Å²) < 4.78 is 19.5. The van der Waals surface area contributed by atoms with Gasteiger partial charge in [-0.2, -0.15) is 0 Å². The SMILES string of the molecule is CN(C1CCN(C(=O)OC(C)(C)C)CC1)S(=O)C1CC1. The third-order valence-corrected chi connectivity index (χ3v) is 5.63. The highest BCUT2D eigenvalue weighted by atomic mass is 32.2. The quantitative estimate of drug-likeness (QED) is 0.802. The zero-order valence-corrected chi connectivity index (χ0v) is 13.7. The van der Waals surface area contributed by atoms with Crippen LogP contribution >= 0.6 is 0 Å². The summed E-state index contributed by atoms with van der Waals surface area (Å²) in [5, 5.41) is 0.379. The lowest BCUT2D eigenvalue weighted by atomic mass is 10.1. The fourth-order valence-electron chi connectivity index (χ4n) is 2.39. The molecule has 0 bridgehead atoms. The van der Waals surface area contributed by atoms with Gasteiger partial charge in [0.25, 0.3) is 0 Å². The lowest BCUT2D eigenvalue weighted by Crippen LogP contribution is -2.47. The fraction of sp³-hybridized carbons (Fsp3) is 0.929. The molecule has 20 heavy (non-hydrogen) atoms. The van der Waals surface area contributed by atoms with E-state index in [2.05, 4.69) is 0 Å². The predicted molar refractivity (Wildman–Crippen MR) is 79.8 cm³/mol. The Morgan fingerprint density at radius 2 is 1.75 bits per heavy atom. The molecule has 2 rings (SSSR count). The first kappa shape index (κ1) is 15.8. The van der Waals surface area contributed by atoms with Gasteiger partial charge in [0, 0.05) is 31.4 Å². The van der Waals surface area contributed by atoms with E-state index >= 15 is 0 Å². The summed E-state index contributed by atoms with van der Waals surface area (Å²) in [6.45, 7) is 7.01. The van der Waals surface area contributed by atoms with Gasteiger partial charge < -0.3 is 9.64 Å². The zero-order valence-electron chi connectivity index (χ0n) is 12.9. The number of hydrogen-bond donors (Lipinski definition) is 0. The molecule has 0 spiro atoms. The number of nitrogens with zero attached hydrogens (tertiary/aromatic N) is 2. The number of carbonyl (C=O) groups excluding carboxylic acids is 1. The van der Waals surface area contributed by atoms with Gasteiger partial charge in [0.1, 0.15) is 5.60 Å². The summed E-state index contributed by atoms with van der Waals surface area (Å²) in [5.74, 6) is 0. The van der Waals surface area contributed by atoms with Crippen LogP contribution in [0, 0.1) is 0 Å².